The van der Waals surface area contributed by atoms with Crippen molar-refractivity contribution in [1.82, 2.24) is 9.97 Å². The summed E-state index contributed by atoms with van der Waals surface area (Å²) in [5, 5.41) is 4.07. The normalized spacial score (nSPS) is 27.4. The van der Waals surface area contributed by atoms with Crippen molar-refractivity contribution in [3.8, 4) is 0 Å². The Balaban J connectivity index is 1.97. The first-order valence-corrected chi connectivity index (χ1v) is 8.45. The van der Waals surface area contributed by atoms with Crippen LogP contribution < -0.4 is 10.9 Å². The molecule has 0 spiro atoms. The fourth-order valence-corrected chi connectivity index (χ4v) is 5.14. The molecule has 0 aliphatic carbocycles. The van der Waals surface area contributed by atoms with Crippen molar-refractivity contribution in [2.24, 2.45) is 0 Å². The van der Waals surface area contributed by atoms with Crippen molar-refractivity contribution in [1.29, 1.82) is 0 Å². The fourth-order valence-electron chi connectivity index (χ4n) is 2.43. The number of fused-ring (bicyclic) bond motifs is 1. The molecule has 1 aromatic rings. The first-order chi connectivity index (χ1) is 8.75. The lowest BCUT2D eigenvalue weighted by molar-refractivity contribution is 0.759. The number of H-pyrrole nitrogens is 1. The summed E-state index contributed by atoms with van der Waals surface area (Å²) in [6.07, 6.45) is 1.86. The van der Waals surface area contributed by atoms with E-state index in [9.17, 15) is 4.79 Å². The summed E-state index contributed by atoms with van der Waals surface area (Å²) in [6.45, 7) is 3.14. The summed E-state index contributed by atoms with van der Waals surface area (Å²) in [4.78, 5) is 19.7. The first kappa shape index (κ1) is 12.4. The molecule has 6 heteroatoms. The molecule has 0 saturated carbocycles. The zero-order chi connectivity index (χ0) is 12.5. The van der Waals surface area contributed by atoms with Crippen molar-refractivity contribution in [3.05, 3.63) is 21.7 Å². The summed E-state index contributed by atoms with van der Waals surface area (Å²) >= 11 is 3.86. The lowest BCUT2D eigenvalue weighted by Crippen LogP contribution is -2.28. The molecule has 0 radical (unpaired) electrons. The highest BCUT2D eigenvalue weighted by Crippen LogP contribution is 2.41. The fraction of sp³-hybridized carbons (Fsp3) is 0.667. The van der Waals surface area contributed by atoms with Gasteiger partial charge in [0.1, 0.15) is 11.6 Å². The number of anilines is 1. The minimum Gasteiger partial charge on any atom is -0.370 e. The smallest absolute Gasteiger partial charge is 0.256 e. The average Bonchev–Trinajstić information content (AvgIpc) is 2.39. The van der Waals surface area contributed by atoms with Crippen LogP contribution >= 0.6 is 23.5 Å². The number of nitrogens with zero attached hydrogens (tertiary/aromatic N) is 1. The molecule has 3 heterocycles. The van der Waals surface area contributed by atoms with Crippen molar-refractivity contribution >= 4 is 29.3 Å². The van der Waals surface area contributed by atoms with Crippen molar-refractivity contribution in [2.75, 3.05) is 23.4 Å². The van der Waals surface area contributed by atoms with Gasteiger partial charge in [-0.15, -0.1) is 11.8 Å². The molecule has 2 N–H and O–H groups in total. The highest BCUT2D eigenvalue weighted by molar-refractivity contribution is 8.06. The van der Waals surface area contributed by atoms with Gasteiger partial charge in [0.25, 0.3) is 5.56 Å². The van der Waals surface area contributed by atoms with E-state index in [-0.39, 0.29) is 5.56 Å². The second kappa shape index (κ2) is 5.17. The zero-order valence-corrected chi connectivity index (χ0v) is 12.0. The molecule has 2 aliphatic heterocycles. The van der Waals surface area contributed by atoms with Gasteiger partial charge < -0.3 is 10.3 Å². The first-order valence-electron chi connectivity index (χ1n) is 6.36. The summed E-state index contributed by atoms with van der Waals surface area (Å²) in [5.74, 6) is 3.98. The van der Waals surface area contributed by atoms with E-state index in [0.717, 1.165) is 42.3 Å². The topological polar surface area (TPSA) is 57.8 Å². The predicted molar refractivity (Wildman–Crippen MR) is 78.8 cm³/mol. The molecule has 0 amide bonds. The van der Waals surface area contributed by atoms with Gasteiger partial charge in [0.2, 0.25) is 0 Å². The van der Waals surface area contributed by atoms with Crippen LogP contribution in [0.4, 0.5) is 5.82 Å². The lowest BCUT2D eigenvalue weighted by Gasteiger charge is -2.28. The molecule has 4 nitrogen and oxygen atoms in total. The van der Waals surface area contributed by atoms with Gasteiger partial charge in [-0.25, -0.2) is 4.98 Å². The van der Waals surface area contributed by atoms with Gasteiger partial charge in [-0.1, -0.05) is 6.92 Å². The van der Waals surface area contributed by atoms with E-state index in [1.807, 2.05) is 23.5 Å². The minimum absolute atomic E-state index is 0.0468. The number of hydrogen-bond donors (Lipinski definition) is 2. The highest BCUT2D eigenvalue weighted by atomic mass is 32.2. The van der Waals surface area contributed by atoms with Gasteiger partial charge in [-0.2, -0.15) is 11.8 Å². The molecule has 0 aromatic carbocycles. The van der Waals surface area contributed by atoms with Crippen LogP contribution in [0.3, 0.4) is 0 Å². The molecular weight excluding hydrogens is 266 g/mol. The van der Waals surface area contributed by atoms with E-state index in [0.29, 0.717) is 10.5 Å². The van der Waals surface area contributed by atoms with Gasteiger partial charge in [0.05, 0.1) is 10.8 Å². The monoisotopic (exact) mass is 283 g/mol. The van der Waals surface area contributed by atoms with Gasteiger partial charge in [-0.3, -0.25) is 4.79 Å². The van der Waals surface area contributed by atoms with Gasteiger partial charge >= 0.3 is 0 Å². The van der Waals surface area contributed by atoms with Crippen molar-refractivity contribution in [2.45, 2.75) is 30.3 Å². The summed E-state index contributed by atoms with van der Waals surface area (Å²) in [7, 11) is 0. The van der Waals surface area contributed by atoms with Crippen LogP contribution in [0, 0.1) is 0 Å². The summed E-state index contributed by atoms with van der Waals surface area (Å²) in [5.41, 5.74) is 0.872. The van der Waals surface area contributed by atoms with Crippen LogP contribution in [0.25, 0.3) is 0 Å². The largest absolute Gasteiger partial charge is 0.370 e. The Kier molecular flexibility index (Phi) is 3.56. The number of nitrogens with one attached hydrogen (secondary N) is 2. The van der Waals surface area contributed by atoms with Gasteiger partial charge in [0.15, 0.2) is 0 Å². The summed E-state index contributed by atoms with van der Waals surface area (Å²) in [6, 6.07) is 0. The highest BCUT2D eigenvalue weighted by Gasteiger charge is 2.27. The Labute approximate surface area is 115 Å². The Morgan fingerprint density at radius 1 is 1.33 bits per heavy atom. The van der Waals surface area contributed by atoms with E-state index in [1.54, 1.807) is 0 Å². The van der Waals surface area contributed by atoms with Gasteiger partial charge in [-0.05, 0) is 12.8 Å². The van der Waals surface area contributed by atoms with E-state index in [4.69, 9.17) is 0 Å². The zero-order valence-electron chi connectivity index (χ0n) is 10.4. The Morgan fingerprint density at radius 2 is 2.17 bits per heavy atom. The SMILES string of the molecule is CC1SCCSC1c1nc2c(c(=O)[nH]1)CCCN2. The van der Waals surface area contributed by atoms with Crippen LogP contribution in [-0.2, 0) is 6.42 Å². The van der Waals surface area contributed by atoms with Crippen LogP contribution in [0.1, 0.15) is 30.0 Å². The lowest BCUT2D eigenvalue weighted by atomic mass is 10.1. The molecule has 98 valence electrons. The number of thioether (sulfide) groups is 2. The van der Waals surface area contributed by atoms with Crippen molar-refractivity contribution < 1.29 is 0 Å². The Hall–Kier alpha value is -0.620. The number of hydrogen-bond acceptors (Lipinski definition) is 5. The minimum atomic E-state index is 0.0468. The van der Waals surface area contributed by atoms with Gasteiger partial charge in [0, 0.05) is 23.3 Å². The molecular formula is C12H17N3OS2. The Morgan fingerprint density at radius 3 is 3.00 bits per heavy atom. The van der Waals surface area contributed by atoms with Crippen LogP contribution in [-0.4, -0.2) is 33.3 Å². The molecule has 1 aromatic heterocycles. The number of aromatic amines is 1. The summed E-state index contributed by atoms with van der Waals surface area (Å²) < 4.78 is 0. The molecule has 0 bridgehead atoms. The molecule has 1 fully saturated rings. The van der Waals surface area contributed by atoms with E-state index in [2.05, 4.69) is 22.2 Å². The average molecular weight is 283 g/mol. The maximum absolute atomic E-state index is 12.1. The maximum atomic E-state index is 12.1. The Bertz CT molecular complexity index is 503. The predicted octanol–water partition coefficient (Wildman–Crippen LogP) is 2.04. The van der Waals surface area contributed by atoms with E-state index < -0.39 is 0 Å². The molecule has 2 atom stereocenters. The third-order valence-electron chi connectivity index (χ3n) is 3.39. The molecule has 3 rings (SSSR count). The third-order valence-corrected chi connectivity index (χ3v) is 6.49. The quantitative estimate of drug-likeness (QED) is 0.826. The van der Waals surface area contributed by atoms with E-state index in [1.165, 1.54) is 5.75 Å². The van der Waals surface area contributed by atoms with Crippen LogP contribution in [0.5, 0.6) is 0 Å². The second-order valence-electron chi connectivity index (χ2n) is 4.68. The van der Waals surface area contributed by atoms with Crippen LogP contribution in [0.15, 0.2) is 4.79 Å². The second-order valence-corrected chi connectivity index (χ2v) is 7.41. The molecule has 2 aliphatic rings. The number of rotatable bonds is 1. The van der Waals surface area contributed by atoms with Crippen molar-refractivity contribution in [3.63, 3.8) is 0 Å². The molecule has 1 saturated heterocycles. The van der Waals surface area contributed by atoms with Crippen LogP contribution in [0.2, 0.25) is 0 Å². The standard InChI is InChI=1S/C12H17N3OS2/c1-7-9(18-6-5-17-7)11-14-10-8(12(16)15-11)3-2-4-13-10/h7,9H,2-6H2,1H3,(H2,13,14,15,16). The molecule has 18 heavy (non-hydrogen) atoms. The molecule has 2 unspecified atom stereocenters. The van der Waals surface area contributed by atoms with E-state index >= 15 is 0 Å². The third kappa shape index (κ3) is 2.28. The number of aromatic nitrogens is 2. The maximum Gasteiger partial charge on any atom is 0.256 e.